The number of hydrogen-bond acceptors (Lipinski definition) is 3. The highest BCUT2D eigenvalue weighted by molar-refractivity contribution is 5.76. The summed E-state index contributed by atoms with van der Waals surface area (Å²) in [5.41, 5.74) is 0. The van der Waals surface area contributed by atoms with Crippen molar-refractivity contribution in [2.24, 2.45) is 0 Å². The minimum absolute atomic E-state index is 0.0927. The van der Waals surface area contributed by atoms with Crippen LogP contribution in [0.5, 0.6) is 0 Å². The molecule has 0 aromatic carbocycles. The first-order chi connectivity index (χ1) is 18.7. The van der Waals surface area contributed by atoms with E-state index < -0.39 is 12.1 Å². The van der Waals surface area contributed by atoms with Crippen molar-refractivity contribution in [3.63, 3.8) is 0 Å². The van der Waals surface area contributed by atoms with Crippen LogP contribution in [0.1, 0.15) is 142 Å². The van der Waals surface area contributed by atoms with Gasteiger partial charge in [0.2, 0.25) is 5.91 Å². The Balaban J connectivity index is 3.79. The topological polar surface area (TPSA) is 69.6 Å². The molecule has 0 spiro atoms. The lowest BCUT2D eigenvalue weighted by Gasteiger charge is -2.19. The predicted octanol–water partition coefficient (Wildman–Crippen LogP) is 8.89. The SMILES string of the molecule is CCCCC/C=C/CC/C=C/CC/C=C/C(O)C(CO)NC(=O)CCCCCCC/C=C\CCCCCC. The van der Waals surface area contributed by atoms with E-state index in [1.165, 1.54) is 70.6 Å². The number of aliphatic hydroxyl groups excluding tert-OH is 2. The summed E-state index contributed by atoms with van der Waals surface area (Å²) in [7, 11) is 0. The van der Waals surface area contributed by atoms with E-state index in [0.29, 0.717) is 6.42 Å². The molecule has 0 aliphatic heterocycles. The first-order valence-corrected chi connectivity index (χ1v) is 15.9. The third-order valence-electron chi connectivity index (χ3n) is 6.76. The fourth-order valence-corrected chi connectivity index (χ4v) is 4.26. The van der Waals surface area contributed by atoms with E-state index in [-0.39, 0.29) is 12.5 Å². The maximum absolute atomic E-state index is 12.2. The molecule has 2 unspecified atom stereocenters. The first-order valence-electron chi connectivity index (χ1n) is 15.9. The summed E-state index contributed by atoms with van der Waals surface area (Å²) in [6.07, 6.45) is 38.9. The molecule has 0 fully saturated rings. The van der Waals surface area contributed by atoms with Crippen LogP contribution >= 0.6 is 0 Å². The summed E-state index contributed by atoms with van der Waals surface area (Å²) < 4.78 is 0. The number of amides is 1. The average Bonchev–Trinajstić information content (AvgIpc) is 2.92. The van der Waals surface area contributed by atoms with Gasteiger partial charge in [0, 0.05) is 6.42 Å². The van der Waals surface area contributed by atoms with Crippen LogP contribution in [0.15, 0.2) is 48.6 Å². The summed E-state index contributed by atoms with van der Waals surface area (Å²) >= 11 is 0. The summed E-state index contributed by atoms with van der Waals surface area (Å²) in [5, 5.41) is 22.7. The van der Waals surface area contributed by atoms with Crippen molar-refractivity contribution in [3.05, 3.63) is 48.6 Å². The summed E-state index contributed by atoms with van der Waals surface area (Å²) in [4.78, 5) is 12.2. The first kappa shape index (κ1) is 36.4. The maximum atomic E-state index is 12.2. The van der Waals surface area contributed by atoms with Crippen LogP contribution in [-0.4, -0.2) is 34.9 Å². The Morgan fingerprint density at radius 1 is 0.605 bits per heavy atom. The lowest BCUT2D eigenvalue weighted by molar-refractivity contribution is -0.123. The second-order valence-electron chi connectivity index (χ2n) is 10.5. The van der Waals surface area contributed by atoms with Crippen LogP contribution in [0.3, 0.4) is 0 Å². The van der Waals surface area contributed by atoms with Crippen LogP contribution in [0.4, 0.5) is 0 Å². The Bertz CT molecular complexity index is 623. The molecule has 0 aromatic rings. The lowest BCUT2D eigenvalue weighted by atomic mass is 10.1. The maximum Gasteiger partial charge on any atom is 0.220 e. The Labute approximate surface area is 235 Å². The highest BCUT2D eigenvalue weighted by Crippen LogP contribution is 2.09. The van der Waals surface area contributed by atoms with Gasteiger partial charge < -0.3 is 15.5 Å². The van der Waals surface area contributed by atoms with Crippen LogP contribution in [0.25, 0.3) is 0 Å². The molecule has 2 atom stereocenters. The van der Waals surface area contributed by atoms with Gasteiger partial charge in [-0.1, -0.05) is 114 Å². The van der Waals surface area contributed by atoms with E-state index in [0.717, 1.165) is 51.4 Å². The quantitative estimate of drug-likeness (QED) is 0.0732. The number of carbonyl (C=O) groups excluding carboxylic acids is 1. The van der Waals surface area contributed by atoms with Crippen molar-refractivity contribution >= 4 is 5.91 Å². The van der Waals surface area contributed by atoms with Crippen molar-refractivity contribution in [1.29, 1.82) is 0 Å². The van der Waals surface area contributed by atoms with E-state index in [9.17, 15) is 15.0 Å². The number of carbonyl (C=O) groups is 1. The van der Waals surface area contributed by atoms with Crippen molar-refractivity contribution in [2.45, 2.75) is 154 Å². The van der Waals surface area contributed by atoms with Crippen molar-refractivity contribution in [1.82, 2.24) is 5.32 Å². The molecule has 0 saturated heterocycles. The molecule has 220 valence electrons. The number of unbranched alkanes of at least 4 members (excludes halogenated alkanes) is 14. The molecule has 0 aromatic heterocycles. The Morgan fingerprint density at radius 3 is 1.58 bits per heavy atom. The van der Waals surface area contributed by atoms with Crippen LogP contribution in [0.2, 0.25) is 0 Å². The molecule has 0 saturated carbocycles. The second-order valence-corrected chi connectivity index (χ2v) is 10.5. The molecule has 0 heterocycles. The molecule has 0 bridgehead atoms. The van der Waals surface area contributed by atoms with E-state index in [1.54, 1.807) is 6.08 Å². The van der Waals surface area contributed by atoms with Crippen molar-refractivity contribution in [2.75, 3.05) is 6.61 Å². The van der Waals surface area contributed by atoms with Gasteiger partial charge in [0.15, 0.2) is 0 Å². The van der Waals surface area contributed by atoms with Gasteiger partial charge in [-0.25, -0.2) is 0 Å². The lowest BCUT2D eigenvalue weighted by Crippen LogP contribution is -2.45. The number of hydrogen-bond donors (Lipinski definition) is 3. The fourth-order valence-electron chi connectivity index (χ4n) is 4.26. The molecule has 4 heteroatoms. The van der Waals surface area contributed by atoms with E-state index in [4.69, 9.17) is 0 Å². The van der Waals surface area contributed by atoms with Gasteiger partial charge in [-0.05, 0) is 70.6 Å². The zero-order valence-electron chi connectivity index (χ0n) is 24.9. The molecule has 38 heavy (non-hydrogen) atoms. The highest BCUT2D eigenvalue weighted by Gasteiger charge is 2.17. The molecule has 3 N–H and O–H groups in total. The Kier molecular flexibility index (Phi) is 28.6. The number of rotatable bonds is 27. The Hall–Kier alpha value is -1.65. The van der Waals surface area contributed by atoms with Crippen LogP contribution < -0.4 is 5.32 Å². The Morgan fingerprint density at radius 2 is 1.03 bits per heavy atom. The zero-order valence-corrected chi connectivity index (χ0v) is 24.9. The largest absolute Gasteiger partial charge is 0.394 e. The third-order valence-corrected chi connectivity index (χ3v) is 6.76. The normalized spacial score (nSPS) is 13.9. The minimum Gasteiger partial charge on any atom is -0.394 e. The van der Waals surface area contributed by atoms with E-state index in [1.807, 2.05) is 6.08 Å². The predicted molar refractivity (Wildman–Crippen MR) is 165 cm³/mol. The van der Waals surface area contributed by atoms with Crippen molar-refractivity contribution < 1.29 is 15.0 Å². The zero-order chi connectivity index (χ0) is 27.9. The second kappa shape index (κ2) is 29.9. The van der Waals surface area contributed by atoms with Gasteiger partial charge in [0.25, 0.3) is 0 Å². The molecule has 0 rings (SSSR count). The smallest absolute Gasteiger partial charge is 0.220 e. The molecule has 1 amide bonds. The summed E-state index contributed by atoms with van der Waals surface area (Å²) in [5.74, 6) is -0.0927. The van der Waals surface area contributed by atoms with Crippen molar-refractivity contribution in [3.8, 4) is 0 Å². The minimum atomic E-state index is -0.870. The third kappa shape index (κ3) is 26.0. The monoisotopic (exact) mass is 531 g/mol. The molecule has 0 radical (unpaired) electrons. The average molecular weight is 532 g/mol. The summed E-state index contributed by atoms with van der Waals surface area (Å²) in [6, 6.07) is -0.646. The standard InChI is InChI=1S/C34H61NO3/c1-3-5-7-9-11-13-15-17-19-21-23-25-27-29-33(37)32(31-36)35-34(38)30-28-26-24-22-20-18-16-14-12-10-8-6-4-2/h11,13-14,16,19,21,27,29,32-33,36-37H,3-10,12,15,17-18,20,22-26,28,30-31H2,1-2H3,(H,35,38)/b13-11+,16-14-,21-19+,29-27+. The fraction of sp³-hybridized carbons (Fsp3) is 0.735. The summed E-state index contributed by atoms with van der Waals surface area (Å²) in [6.45, 7) is 4.21. The number of nitrogens with one attached hydrogen (secondary N) is 1. The molecular formula is C34H61NO3. The van der Waals surface area contributed by atoms with Crippen LogP contribution in [-0.2, 0) is 4.79 Å². The molecule has 0 aliphatic carbocycles. The van der Waals surface area contributed by atoms with E-state index >= 15 is 0 Å². The number of allylic oxidation sites excluding steroid dienone is 7. The van der Waals surface area contributed by atoms with Gasteiger partial charge in [0.05, 0.1) is 18.8 Å². The van der Waals surface area contributed by atoms with E-state index in [2.05, 4.69) is 55.6 Å². The van der Waals surface area contributed by atoms with Gasteiger partial charge in [-0.15, -0.1) is 0 Å². The van der Waals surface area contributed by atoms with Gasteiger partial charge >= 0.3 is 0 Å². The molecule has 4 nitrogen and oxygen atoms in total. The van der Waals surface area contributed by atoms with Gasteiger partial charge in [-0.3, -0.25) is 4.79 Å². The van der Waals surface area contributed by atoms with Crippen LogP contribution in [0, 0.1) is 0 Å². The molecule has 0 aliphatic rings. The molecular weight excluding hydrogens is 470 g/mol. The highest BCUT2D eigenvalue weighted by atomic mass is 16.3. The van der Waals surface area contributed by atoms with Gasteiger partial charge in [0.1, 0.15) is 0 Å². The number of aliphatic hydroxyl groups is 2. The van der Waals surface area contributed by atoms with Gasteiger partial charge in [-0.2, -0.15) is 0 Å².